The van der Waals surface area contributed by atoms with Crippen LogP contribution < -0.4 is 5.73 Å². The first-order valence-electron chi connectivity index (χ1n) is 6.11. The Morgan fingerprint density at radius 3 is 2.74 bits per heavy atom. The highest BCUT2D eigenvalue weighted by atomic mass is 35.5. The molecular formula is C16H13ClN2. The zero-order valence-electron chi connectivity index (χ0n) is 10.3. The highest BCUT2D eigenvalue weighted by molar-refractivity contribution is 6.31. The zero-order valence-corrected chi connectivity index (χ0v) is 11.1. The van der Waals surface area contributed by atoms with Crippen LogP contribution in [0.2, 0.25) is 5.02 Å². The normalized spacial score (nSPS) is 10.8. The first-order chi connectivity index (χ1) is 9.29. The molecule has 0 amide bonds. The molecule has 2 nitrogen and oxygen atoms in total. The molecule has 94 valence electrons. The van der Waals surface area contributed by atoms with E-state index in [9.17, 15) is 0 Å². The van der Waals surface area contributed by atoms with Crippen LogP contribution in [0.15, 0.2) is 54.9 Å². The Labute approximate surface area is 116 Å². The molecule has 0 radical (unpaired) electrons. The van der Waals surface area contributed by atoms with Gasteiger partial charge in [-0.3, -0.25) is 4.98 Å². The lowest BCUT2D eigenvalue weighted by atomic mass is 9.99. The van der Waals surface area contributed by atoms with Crippen molar-refractivity contribution in [2.75, 3.05) is 0 Å². The summed E-state index contributed by atoms with van der Waals surface area (Å²) < 4.78 is 0. The summed E-state index contributed by atoms with van der Waals surface area (Å²) in [4.78, 5) is 4.30. The predicted molar refractivity (Wildman–Crippen MR) is 80.1 cm³/mol. The maximum atomic E-state index is 6.11. The van der Waals surface area contributed by atoms with Crippen LogP contribution >= 0.6 is 11.6 Å². The molecule has 0 spiro atoms. The van der Waals surface area contributed by atoms with Gasteiger partial charge in [-0.15, -0.1) is 0 Å². The molecule has 0 fully saturated rings. The zero-order chi connectivity index (χ0) is 13.2. The Kier molecular flexibility index (Phi) is 3.20. The van der Waals surface area contributed by atoms with Gasteiger partial charge >= 0.3 is 0 Å². The maximum Gasteiger partial charge on any atom is 0.0451 e. The molecule has 0 aliphatic carbocycles. The topological polar surface area (TPSA) is 38.9 Å². The minimum absolute atomic E-state index is 0.435. The molecule has 3 rings (SSSR count). The fraction of sp³-hybridized carbons (Fsp3) is 0.0625. The molecule has 0 bridgehead atoms. The minimum atomic E-state index is 0.435. The number of aromatic nitrogens is 1. The van der Waals surface area contributed by atoms with Crippen molar-refractivity contribution in [1.82, 2.24) is 4.98 Å². The first kappa shape index (κ1) is 12.2. The number of pyridine rings is 1. The summed E-state index contributed by atoms with van der Waals surface area (Å²) in [5.41, 5.74) is 8.85. The van der Waals surface area contributed by atoms with Gasteiger partial charge in [0.05, 0.1) is 0 Å². The minimum Gasteiger partial charge on any atom is -0.326 e. The highest BCUT2D eigenvalue weighted by Crippen LogP contribution is 2.30. The Morgan fingerprint density at radius 2 is 1.89 bits per heavy atom. The van der Waals surface area contributed by atoms with Crippen molar-refractivity contribution < 1.29 is 0 Å². The monoisotopic (exact) mass is 268 g/mol. The van der Waals surface area contributed by atoms with Crippen molar-refractivity contribution in [3.63, 3.8) is 0 Å². The molecule has 2 aromatic carbocycles. The summed E-state index contributed by atoms with van der Waals surface area (Å²) in [6, 6.07) is 14.1. The number of fused-ring (bicyclic) bond motifs is 1. The molecule has 1 heterocycles. The maximum absolute atomic E-state index is 6.11. The van der Waals surface area contributed by atoms with Gasteiger partial charge in [0.25, 0.3) is 0 Å². The molecule has 3 aromatic rings. The van der Waals surface area contributed by atoms with E-state index in [1.165, 1.54) is 5.39 Å². The number of halogens is 1. The van der Waals surface area contributed by atoms with Gasteiger partial charge in [0.1, 0.15) is 0 Å². The summed E-state index contributed by atoms with van der Waals surface area (Å²) >= 11 is 6.11. The van der Waals surface area contributed by atoms with Crippen molar-refractivity contribution in [3.8, 4) is 11.1 Å². The Hall–Kier alpha value is -1.90. The summed E-state index contributed by atoms with van der Waals surface area (Å²) in [6.07, 6.45) is 3.75. The largest absolute Gasteiger partial charge is 0.326 e. The lowest BCUT2D eigenvalue weighted by Crippen LogP contribution is -1.97. The average Bonchev–Trinajstić information content (AvgIpc) is 2.47. The average molecular weight is 269 g/mol. The molecular weight excluding hydrogens is 256 g/mol. The number of rotatable bonds is 2. The third kappa shape index (κ3) is 2.21. The number of hydrogen-bond donors (Lipinski definition) is 1. The fourth-order valence-electron chi connectivity index (χ4n) is 2.25. The van der Waals surface area contributed by atoms with E-state index in [2.05, 4.69) is 17.1 Å². The molecule has 0 aliphatic rings. The van der Waals surface area contributed by atoms with Gasteiger partial charge < -0.3 is 5.73 Å². The standard InChI is InChI=1S/C16H13ClN2/c17-16-6-5-11(7-13(16)8-18)15-10-19-9-12-3-1-2-4-14(12)15/h1-7,9-10H,8,18H2. The van der Waals surface area contributed by atoms with Crippen molar-refractivity contribution in [3.05, 3.63) is 65.4 Å². The second-order valence-corrected chi connectivity index (χ2v) is 4.83. The second-order valence-electron chi connectivity index (χ2n) is 4.42. The molecule has 0 atom stereocenters. The van der Waals surface area contributed by atoms with Crippen LogP contribution in [0.5, 0.6) is 0 Å². The van der Waals surface area contributed by atoms with E-state index >= 15 is 0 Å². The van der Waals surface area contributed by atoms with Crippen molar-refractivity contribution in [2.24, 2.45) is 5.73 Å². The Balaban J connectivity index is 2.24. The molecule has 2 N–H and O–H groups in total. The summed E-state index contributed by atoms with van der Waals surface area (Å²) in [5.74, 6) is 0. The van der Waals surface area contributed by atoms with Crippen LogP contribution in [0.1, 0.15) is 5.56 Å². The van der Waals surface area contributed by atoms with Crippen LogP contribution in [0, 0.1) is 0 Å². The third-order valence-electron chi connectivity index (χ3n) is 3.24. The van der Waals surface area contributed by atoms with Gasteiger partial charge in [0, 0.05) is 34.9 Å². The van der Waals surface area contributed by atoms with Gasteiger partial charge in [0.15, 0.2) is 0 Å². The first-order valence-corrected chi connectivity index (χ1v) is 6.49. The molecule has 0 aliphatic heterocycles. The van der Waals surface area contributed by atoms with Gasteiger partial charge in [-0.1, -0.05) is 41.9 Å². The Morgan fingerprint density at radius 1 is 1.05 bits per heavy atom. The lowest BCUT2D eigenvalue weighted by Gasteiger charge is -2.08. The van der Waals surface area contributed by atoms with Crippen molar-refractivity contribution >= 4 is 22.4 Å². The number of nitrogens with two attached hydrogens (primary N) is 1. The molecule has 3 heteroatoms. The molecule has 0 unspecified atom stereocenters. The van der Waals surface area contributed by atoms with Crippen LogP contribution in [-0.4, -0.2) is 4.98 Å². The fourth-order valence-corrected chi connectivity index (χ4v) is 2.44. The number of nitrogens with zero attached hydrogens (tertiary/aromatic N) is 1. The molecule has 19 heavy (non-hydrogen) atoms. The van der Waals surface area contributed by atoms with E-state index in [0.717, 1.165) is 22.1 Å². The van der Waals surface area contributed by atoms with Gasteiger partial charge in [-0.25, -0.2) is 0 Å². The van der Waals surface area contributed by atoms with E-state index < -0.39 is 0 Å². The SMILES string of the molecule is NCc1cc(-c2cncc3ccccc23)ccc1Cl. The van der Waals surface area contributed by atoms with Crippen LogP contribution in [0.4, 0.5) is 0 Å². The Bertz CT molecular complexity index is 732. The lowest BCUT2D eigenvalue weighted by molar-refractivity contribution is 1.07. The number of hydrogen-bond acceptors (Lipinski definition) is 2. The van der Waals surface area contributed by atoms with Crippen LogP contribution in [0.25, 0.3) is 21.9 Å². The van der Waals surface area contributed by atoms with Gasteiger partial charge in [-0.05, 0) is 28.6 Å². The third-order valence-corrected chi connectivity index (χ3v) is 3.61. The highest BCUT2D eigenvalue weighted by Gasteiger charge is 2.06. The van der Waals surface area contributed by atoms with E-state index in [1.54, 1.807) is 0 Å². The molecule has 0 saturated carbocycles. The predicted octanol–water partition coefficient (Wildman–Crippen LogP) is 4.01. The molecule has 0 saturated heterocycles. The second kappa shape index (κ2) is 5.00. The molecule has 1 aromatic heterocycles. The van der Waals surface area contributed by atoms with Crippen LogP contribution in [-0.2, 0) is 6.54 Å². The number of benzene rings is 2. The quantitative estimate of drug-likeness (QED) is 0.763. The van der Waals surface area contributed by atoms with Crippen LogP contribution in [0.3, 0.4) is 0 Å². The van der Waals surface area contributed by atoms with E-state index in [4.69, 9.17) is 17.3 Å². The smallest absolute Gasteiger partial charge is 0.0451 e. The van der Waals surface area contributed by atoms with E-state index in [-0.39, 0.29) is 0 Å². The van der Waals surface area contributed by atoms with Crippen molar-refractivity contribution in [1.29, 1.82) is 0 Å². The summed E-state index contributed by atoms with van der Waals surface area (Å²) in [7, 11) is 0. The van der Waals surface area contributed by atoms with E-state index in [0.29, 0.717) is 11.6 Å². The summed E-state index contributed by atoms with van der Waals surface area (Å²) in [5, 5.41) is 3.02. The summed E-state index contributed by atoms with van der Waals surface area (Å²) in [6.45, 7) is 0.435. The van der Waals surface area contributed by atoms with E-state index in [1.807, 2.05) is 42.7 Å². The van der Waals surface area contributed by atoms with Crippen molar-refractivity contribution in [2.45, 2.75) is 6.54 Å². The van der Waals surface area contributed by atoms with Gasteiger partial charge in [-0.2, -0.15) is 0 Å². The van der Waals surface area contributed by atoms with Gasteiger partial charge in [0.2, 0.25) is 0 Å².